The third-order valence-electron chi connectivity index (χ3n) is 4.46. The highest BCUT2D eigenvalue weighted by atomic mass is 15.2. The summed E-state index contributed by atoms with van der Waals surface area (Å²) in [7, 11) is 0. The molecule has 2 N–H and O–H groups in total. The number of benzene rings is 1. The molecule has 1 saturated carbocycles. The van der Waals surface area contributed by atoms with E-state index in [1.165, 1.54) is 42.5 Å². The third-order valence-corrected chi connectivity index (χ3v) is 4.46. The minimum atomic E-state index is 0.170. The number of rotatable bonds is 8. The van der Waals surface area contributed by atoms with Gasteiger partial charge in [-0.1, -0.05) is 43.2 Å². The van der Waals surface area contributed by atoms with Crippen molar-refractivity contribution >= 4 is 0 Å². The van der Waals surface area contributed by atoms with E-state index in [1.54, 1.807) is 0 Å². The first kappa shape index (κ1) is 16.5. The van der Waals surface area contributed by atoms with Crippen molar-refractivity contribution in [2.75, 3.05) is 13.1 Å². The van der Waals surface area contributed by atoms with Crippen molar-refractivity contribution in [3.05, 3.63) is 34.9 Å². The van der Waals surface area contributed by atoms with Gasteiger partial charge in [-0.3, -0.25) is 0 Å². The summed E-state index contributed by atoms with van der Waals surface area (Å²) in [5.41, 5.74) is 10.4. The maximum Gasteiger partial charge on any atom is 0.0307 e. The third kappa shape index (κ3) is 5.44. The highest BCUT2D eigenvalue weighted by Gasteiger charge is 2.28. The number of aryl methyl sites for hydroxylation is 2. The first-order chi connectivity index (χ1) is 9.95. The van der Waals surface area contributed by atoms with Gasteiger partial charge >= 0.3 is 0 Å². The van der Waals surface area contributed by atoms with Crippen LogP contribution in [-0.2, 0) is 0 Å². The van der Waals surface area contributed by atoms with E-state index in [4.69, 9.17) is 5.73 Å². The Morgan fingerprint density at radius 2 is 1.62 bits per heavy atom. The van der Waals surface area contributed by atoms with Gasteiger partial charge in [0.15, 0.2) is 0 Å². The molecule has 0 aliphatic heterocycles. The maximum absolute atomic E-state index is 6.43. The predicted molar refractivity (Wildman–Crippen MR) is 91.5 cm³/mol. The van der Waals surface area contributed by atoms with Gasteiger partial charge in [-0.05, 0) is 57.6 Å². The minimum absolute atomic E-state index is 0.170. The fraction of sp³-hybridized carbons (Fsp3) is 0.684. The summed E-state index contributed by atoms with van der Waals surface area (Å²) in [5.74, 6) is 0.791. The number of nitrogens with two attached hydrogens (primary N) is 1. The van der Waals surface area contributed by atoms with Crippen LogP contribution in [0, 0.1) is 19.8 Å². The van der Waals surface area contributed by atoms with Crippen LogP contribution >= 0.6 is 0 Å². The largest absolute Gasteiger partial charge is 0.324 e. The molecule has 0 bridgehead atoms. The lowest BCUT2D eigenvalue weighted by molar-refractivity contribution is 0.239. The van der Waals surface area contributed by atoms with Crippen LogP contribution in [0.2, 0.25) is 0 Å². The van der Waals surface area contributed by atoms with Crippen LogP contribution in [0.3, 0.4) is 0 Å². The van der Waals surface area contributed by atoms with Crippen LogP contribution in [0.4, 0.5) is 0 Å². The van der Waals surface area contributed by atoms with Gasteiger partial charge in [0.25, 0.3) is 0 Å². The van der Waals surface area contributed by atoms with Gasteiger partial charge in [-0.15, -0.1) is 0 Å². The molecule has 1 aliphatic carbocycles. The van der Waals surface area contributed by atoms with Crippen molar-refractivity contribution < 1.29 is 0 Å². The number of hydrogen-bond donors (Lipinski definition) is 1. The number of nitrogens with zero attached hydrogens (tertiary/aromatic N) is 1. The summed E-state index contributed by atoms with van der Waals surface area (Å²) in [6, 6.07) is 7.72. The molecule has 1 atom stereocenters. The molecule has 1 aromatic rings. The molecule has 0 spiro atoms. The lowest BCUT2D eigenvalue weighted by Crippen LogP contribution is -2.31. The van der Waals surface area contributed by atoms with E-state index < -0.39 is 0 Å². The highest BCUT2D eigenvalue weighted by Crippen LogP contribution is 2.28. The van der Waals surface area contributed by atoms with Crippen molar-refractivity contribution in [2.45, 2.75) is 65.5 Å². The molecule has 0 heterocycles. The molecule has 0 saturated heterocycles. The molecular formula is C19H32N2. The zero-order chi connectivity index (χ0) is 15.4. The Morgan fingerprint density at radius 3 is 2.14 bits per heavy atom. The lowest BCUT2D eigenvalue weighted by atomic mass is 9.99. The average molecular weight is 288 g/mol. The monoisotopic (exact) mass is 288 g/mol. The Hall–Kier alpha value is -0.860. The Labute approximate surface area is 130 Å². The predicted octanol–water partition coefficient (Wildman–Crippen LogP) is 4.20. The second kappa shape index (κ2) is 7.42. The van der Waals surface area contributed by atoms with Gasteiger partial charge < -0.3 is 10.6 Å². The van der Waals surface area contributed by atoms with Crippen molar-refractivity contribution in [3.8, 4) is 0 Å². The van der Waals surface area contributed by atoms with Gasteiger partial charge in [-0.2, -0.15) is 0 Å². The Bertz CT molecular complexity index is 429. The van der Waals surface area contributed by atoms with Gasteiger partial charge in [0.1, 0.15) is 0 Å². The molecule has 118 valence electrons. The van der Waals surface area contributed by atoms with Gasteiger partial charge in [0, 0.05) is 18.6 Å². The topological polar surface area (TPSA) is 29.3 Å². The molecule has 2 rings (SSSR count). The molecule has 2 heteroatoms. The van der Waals surface area contributed by atoms with E-state index in [1.807, 2.05) is 0 Å². The smallest absolute Gasteiger partial charge is 0.0307 e. The highest BCUT2D eigenvalue weighted by molar-refractivity contribution is 5.30. The van der Waals surface area contributed by atoms with Crippen molar-refractivity contribution in [3.63, 3.8) is 0 Å². The van der Waals surface area contributed by atoms with E-state index in [0.717, 1.165) is 24.9 Å². The lowest BCUT2D eigenvalue weighted by Gasteiger charge is -2.25. The van der Waals surface area contributed by atoms with Crippen LogP contribution < -0.4 is 5.73 Å². The van der Waals surface area contributed by atoms with E-state index in [-0.39, 0.29) is 6.04 Å². The van der Waals surface area contributed by atoms with Crippen LogP contribution in [-0.4, -0.2) is 24.0 Å². The summed E-state index contributed by atoms with van der Waals surface area (Å²) in [5, 5.41) is 0. The van der Waals surface area contributed by atoms with Crippen LogP contribution in [0.15, 0.2) is 18.2 Å². The molecule has 1 aromatic carbocycles. The van der Waals surface area contributed by atoms with Crippen molar-refractivity contribution in [1.82, 2.24) is 4.90 Å². The fourth-order valence-electron chi connectivity index (χ4n) is 3.04. The zero-order valence-electron chi connectivity index (χ0n) is 14.2. The van der Waals surface area contributed by atoms with Crippen LogP contribution in [0.25, 0.3) is 0 Å². The molecule has 0 aromatic heterocycles. The van der Waals surface area contributed by atoms with Gasteiger partial charge in [-0.25, -0.2) is 0 Å². The van der Waals surface area contributed by atoms with Crippen molar-refractivity contribution in [1.29, 1.82) is 0 Å². The Balaban J connectivity index is 1.87. The average Bonchev–Trinajstić information content (AvgIpc) is 3.21. The number of hydrogen-bond acceptors (Lipinski definition) is 2. The molecule has 2 nitrogen and oxygen atoms in total. The molecule has 0 radical (unpaired) electrons. The van der Waals surface area contributed by atoms with Crippen LogP contribution in [0.5, 0.6) is 0 Å². The second-order valence-electron chi connectivity index (χ2n) is 7.27. The van der Waals surface area contributed by atoms with Crippen molar-refractivity contribution in [2.24, 2.45) is 11.7 Å². The summed E-state index contributed by atoms with van der Waals surface area (Å²) < 4.78 is 0. The van der Waals surface area contributed by atoms with E-state index >= 15 is 0 Å². The van der Waals surface area contributed by atoms with E-state index in [9.17, 15) is 0 Å². The summed E-state index contributed by atoms with van der Waals surface area (Å²) in [4.78, 5) is 2.67. The van der Waals surface area contributed by atoms with Gasteiger partial charge in [0.2, 0.25) is 0 Å². The Kier molecular flexibility index (Phi) is 5.83. The van der Waals surface area contributed by atoms with Crippen LogP contribution in [0.1, 0.15) is 62.3 Å². The molecule has 1 unspecified atom stereocenters. The molecular weight excluding hydrogens is 256 g/mol. The molecule has 0 amide bonds. The minimum Gasteiger partial charge on any atom is -0.324 e. The first-order valence-electron chi connectivity index (χ1n) is 8.53. The summed E-state index contributed by atoms with van der Waals surface area (Å²) in [6.45, 7) is 11.3. The van der Waals surface area contributed by atoms with Gasteiger partial charge in [0.05, 0.1) is 0 Å². The normalized spacial score (nSPS) is 16.7. The maximum atomic E-state index is 6.43. The molecule has 21 heavy (non-hydrogen) atoms. The Morgan fingerprint density at radius 1 is 1.05 bits per heavy atom. The fourth-order valence-corrected chi connectivity index (χ4v) is 3.04. The first-order valence-corrected chi connectivity index (χ1v) is 8.53. The quantitative estimate of drug-likeness (QED) is 0.776. The summed E-state index contributed by atoms with van der Waals surface area (Å²) >= 11 is 0. The van der Waals surface area contributed by atoms with E-state index in [0.29, 0.717) is 0 Å². The zero-order valence-corrected chi connectivity index (χ0v) is 14.2. The summed E-state index contributed by atoms with van der Waals surface area (Å²) in [6.07, 6.45) is 5.14. The van der Waals surface area contributed by atoms with E-state index in [2.05, 4.69) is 50.8 Å². The molecule has 1 aliphatic rings. The standard InChI is InChI=1S/C19H32N2/c1-14(2)7-9-21(18-5-6-18)10-8-19(20)17-12-15(3)11-16(4)13-17/h11-14,18-19H,5-10,20H2,1-4H3. The SMILES string of the molecule is Cc1cc(C)cc(C(N)CCN(CCC(C)C)C2CC2)c1. The molecule has 1 fully saturated rings. The second-order valence-corrected chi connectivity index (χ2v) is 7.27.